The first kappa shape index (κ1) is 21.5. The van der Waals surface area contributed by atoms with E-state index < -0.39 is 0 Å². The summed E-state index contributed by atoms with van der Waals surface area (Å²) in [5.41, 5.74) is 0. The smallest absolute Gasteiger partial charge is 0.223 e. The number of aromatic nitrogens is 1. The van der Waals surface area contributed by atoms with Gasteiger partial charge in [-0.2, -0.15) is 0 Å². The summed E-state index contributed by atoms with van der Waals surface area (Å²) in [7, 11) is 0. The van der Waals surface area contributed by atoms with Gasteiger partial charge >= 0.3 is 0 Å². The standard InChI is InChI=1S/C13H18Cl2N4O.2ClH/c1-8(9-5-16-6-9)13(20)18-3-2-17-12-11(15)4-10(14)7-19-12;;/h4,7-9,16H,2-3,5-6H2,1H3,(H,17,19)(H,18,20);2*1H. The SMILES string of the molecule is CC(C(=O)NCCNc1ncc(Cl)cc1Cl)C1CNC1.Cl.Cl. The van der Waals surface area contributed by atoms with Crippen molar-refractivity contribution in [1.29, 1.82) is 0 Å². The van der Waals surface area contributed by atoms with Gasteiger partial charge in [0.2, 0.25) is 5.91 Å². The lowest BCUT2D eigenvalue weighted by molar-refractivity contribution is -0.126. The number of nitrogens with zero attached hydrogens (tertiary/aromatic N) is 1. The van der Waals surface area contributed by atoms with Gasteiger partial charge in [0.1, 0.15) is 5.82 Å². The van der Waals surface area contributed by atoms with Crippen LogP contribution in [0, 0.1) is 11.8 Å². The van der Waals surface area contributed by atoms with Crippen LogP contribution in [0.5, 0.6) is 0 Å². The Morgan fingerprint density at radius 2 is 2.09 bits per heavy atom. The van der Waals surface area contributed by atoms with Crippen LogP contribution in [0.4, 0.5) is 5.82 Å². The molecule has 9 heteroatoms. The molecule has 1 amide bonds. The fourth-order valence-electron chi connectivity index (χ4n) is 1.95. The molecule has 1 atom stereocenters. The van der Waals surface area contributed by atoms with E-state index in [4.69, 9.17) is 23.2 Å². The highest BCUT2D eigenvalue weighted by Crippen LogP contribution is 2.22. The summed E-state index contributed by atoms with van der Waals surface area (Å²) in [6.07, 6.45) is 1.53. The van der Waals surface area contributed by atoms with Crippen molar-refractivity contribution in [2.75, 3.05) is 31.5 Å². The minimum Gasteiger partial charge on any atom is -0.367 e. The highest BCUT2D eigenvalue weighted by atomic mass is 35.5. The van der Waals surface area contributed by atoms with E-state index in [1.54, 1.807) is 6.07 Å². The van der Waals surface area contributed by atoms with Gasteiger partial charge in [0.05, 0.1) is 10.0 Å². The van der Waals surface area contributed by atoms with Crippen LogP contribution in [-0.4, -0.2) is 37.1 Å². The molecule has 126 valence electrons. The third-order valence-electron chi connectivity index (χ3n) is 3.46. The third-order valence-corrected chi connectivity index (χ3v) is 3.95. The molecular weight excluding hydrogens is 370 g/mol. The maximum Gasteiger partial charge on any atom is 0.223 e. The predicted octanol–water partition coefficient (Wildman–Crippen LogP) is 2.62. The number of halogens is 4. The molecule has 1 saturated heterocycles. The topological polar surface area (TPSA) is 66.0 Å². The van der Waals surface area contributed by atoms with Crippen LogP contribution in [0.25, 0.3) is 0 Å². The first-order valence-corrected chi connectivity index (χ1v) is 7.37. The van der Waals surface area contributed by atoms with Gasteiger partial charge in [-0.25, -0.2) is 4.98 Å². The van der Waals surface area contributed by atoms with Gasteiger partial charge in [0.25, 0.3) is 0 Å². The Morgan fingerprint density at radius 1 is 1.41 bits per heavy atom. The zero-order chi connectivity index (χ0) is 14.5. The quantitative estimate of drug-likeness (QED) is 0.654. The van der Waals surface area contributed by atoms with E-state index in [0.717, 1.165) is 13.1 Å². The minimum absolute atomic E-state index is 0. The summed E-state index contributed by atoms with van der Waals surface area (Å²) in [6.45, 7) is 4.92. The summed E-state index contributed by atoms with van der Waals surface area (Å²) in [6, 6.07) is 1.63. The molecular formula is C13H20Cl4N4O. The Kier molecular flexibility index (Phi) is 10.1. The number of rotatable bonds is 6. The Labute approximate surface area is 152 Å². The van der Waals surface area contributed by atoms with Crippen LogP contribution in [0.15, 0.2) is 12.3 Å². The number of carbonyl (C=O) groups excluding carboxylic acids is 1. The normalized spacial score (nSPS) is 14.9. The lowest BCUT2D eigenvalue weighted by Crippen LogP contribution is -2.50. The van der Waals surface area contributed by atoms with Crippen molar-refractivity contribution in [3.05, 3.63) is 22.3 Å². The van der Waals surface area contributed by atoms with Gasteiger partial charge in [-0.1, -0.05) is 30.1 Å². The van der Waals surface area contributed by atoms with E-state index >= 15 is 0 Å². The Hall–Kier alpha value is -0.460. The zero-order valence-electron chi connectivity index (χ0n) is 12.1. The van der Waals surface area contributed by atoms with Crippen molar-refractivity contribution in [2.45, 2.75) is 6.92 Å². The molecule has 2 heterocycles. The van der Waals surface area contributed by atoms with Crippen molar-refractivity contribution >= 4 is 59.7 Å². The van der Waals surface area contributed by atoms with Crippen LogP contribution in [0.3, 0.4) is 0 Å². The van der Waals surface area contributed by atoms with Gasteiger partial charge in [-0.3, -0.25) is 4.79 Å². The molecule has 1 aromatic heterocycles. The van der Waals surface area contributed by atoms with E-state index in [0.29, 0.717) is 34.9 Å². The molecule has 1 aliphatic rings. The number of hydrogen-bond donors (Lipinski definition) is 3. The van der Waals surface area contributed by atoms with Gasteiger partial charge in [0, 0.05) is 25.2 Å². The molecule has 1 aliphatic heterocycles. The maximum atomic E-state index is 11.9. The lowest BCUT2D eigenvalue weighted by Gasteiger charge is -2.31. The molecule has 0 aromatic carbocycles. The maximum absolute atomic E-state index is 11.9. The van der Waals surface area contributed by atoms with Crippen LogP contribution in [0.2, 0.25) is 10.0 Å². The fourth-order valence-corrected chi connectivity index (χ4v) is 2.40. The van der Waals surface area contributed by atoms with E-state index in [9.17, 15) is 4.79 Å². The number of amides is 1. The van der Waals surface area contributed by atoms with Crippen molar-refractivity contribution in [1.82, 2.24) is 15.6 Å². The molecule has 1 aromatic rings. The van der Waals surface area contributed by atoms with Crippen LogP contribution in [-0.2, 0) is 4.79 Å². The van der Waals surface area contributed by atoms with Gasteiger partial charge in [0.15, 0.2) is 0 Å². The van der Waals surface area contributed by atoms with Crippen LogP contribution >= 0.6 is 48.0 Å². The predicted molar refractivity (Wildman–Crippen MR) is 95.8 cm³/mol. The van der Waals surface area contributed by atoms with Crippen molar-refractivity contribution in [3.8, 4) is 0 Å². The Morgan fingerprint density at radius 3 is 2.64 bits per heavy atom. The summed E-state index contributed by atoms with van der Waals surface area (Å²) < 4.78 is 0. The van der Waals surface area contributed by atoms with E-state index in [-0.39, 0.29) is 36.6 Å². The first-order valence-electron chi connectivity index (χ1n) is 6.61. The molecule has 5 nitrogen and oxygen atoms in total. The van der Waals surface area contributed by atoms with Crippen molar-refractivity contribution < 1.29 is 4.79 Å². The van der Waals surface area contributed by atoms with Crippen LogP contribution in [0.1, 0.15) is 6.92 Å². The molecule has 0 bridgehead atoms. The molecule has 2 rings (SSSR count). The first-order chi connectivity index (χ1) is 9.58. The molecule has 1 unspecified atom stereocenters. The van der Waals surface area contributed by atoms with E-state index in [2.05, 4.69) is 20.9 Å². The average Bonchev–Trinajstić information content (AvgIpc) is 2.34. The van der Waals surface area contributed by atoms with E-state index in [1.807, 2.05) is 6.92 Å². The van der Waals surface area contributed by atoms with Crippen LogP contribution < -0.4 is 16.0 Å². The number of carbonyl (C=O) groups is 1. The summed E-state index contributed by atoms with van der Waals surface area (Å²) in [4.78, 5) is 16.0. The number of nitrogens with one attached hydrogen (secondary N) is 3. The fraction of sp³-hybridized carbons (Fsp3) is 0.538. The second-order valence-corrected chi connectivity index (χ2v) is 5.75. The second kappa shape index (κ2) is 10.3. The van der Waals surface area contributed by atoms with E-state index in [1.165, 1.54) is 6.20 Å². The third kappa shape index (κ3) is 5.97. The second-order valence-electron chi connectivity index (χ2n) is 4.91. The molecule has 22 heavy (non-hydrogen) atoms. The lowest BCUT2D eigenvalue weighted by atomic mass is 9.88. The highest BCUT2D eigenvalue weighted by Gasteiger charge is 2.28. The van der Waals surface area contributed by atoms with Gasteiger partial charge in [-0.15, -0.1) is 24.8 Å². The monoisotopic (exact) mass is 388 g/mol. The zero-order valence-corrected chi connectivity index (χ0v) is 15.2. The largest absolute Gasteiger partial charge is 0.367 e. The molecule has 3 N–H and O–H groups in total. The molecule has 0 radical (unpaired) electrons. The minimum atomic E-state index is 0. The number of hydrogen-bond acceptors (Lipinski definition) is 4. The summed E-state index contributed by atoms with van der Waals surface area (Å²) in [5.74, 6) is 1.17. The Balaban J connectivity index is 0.00000220. The number of anilines is 1. The molecule has 0 aliphatic carbocycles. The van der Waals surface area contributed by atoms with Crippen molar-refractivity contribution in [2.24, 2.45) is 11.8 Å². The Bertz CT molecular complexity index is 485. The summed E-state index contributed by atoms with van der Waals surface area (Å²) >= 11 is 11.8. The highest BCUT2D eigenvalue weighted by molar-refractivity contribution is 6.35. The van der Waals surface area contributed by atoms with Gasteiger partial charge in [-0.05, 0) is 25.1 Å². The summed E-state index contributed by atoms with van der Waals surface area (Å²) in [5, 5.41) is 10.1. The molecule has 0 spiro atoms. The molecule has 0 saturated carbocycles. The number of pyridine rings is 1. The van der Waals surface area contributed by atoms with Crippen molar-refractivity contribution in [3.63, 3.8) is 0 Å². The average molecular weight is 390 g/mol. The van der Waals surface area contributed by atoms with Gasteiger partial charge < -0.3 is 16.0 Å². The molecule has 1 fully saturated rings.